The first-order chi connectivity index (χ1) is 22.1. The number of hydrogen-bond acceptors (Lipinski definition) is 1. The fourth-order valence-corrected chi connectivity index (χ4v) is 4.69. The molecular weight excluding hydrogens is 567 g/mol. The van der Waals surface area contributed by atoms with Crippen molar-refractivity contribution in [3.63, 3.8) is 0 Å². The van der Waals surface area contributed by atoms with Gasteiger partial charge in [0.25, 0.3) is 0 Å². The summed E-state index contributed by atoms with van der Waals surface area (Å²) in [5.41, 5.74) is 10.9. The number of hydrogen-bond donors (Lipinski definition) is 1. The van der Waals surface area contributed by atoms with Crippen molar-refractivity contribution in [1.29, 1.82) is 0 Å². The normalized spacial score (nSPS) is 12.4. The van der Waals surface area contributed by atoms with Gasteiger partial charge in [-0.2, -0.15) is 0 Å². The average Bonchev–Trinajstić information content (AvgIpc) is 3.60. The molecule has 0 saturated heterocycles. The van der Waals surface area contributed by atoms with Gasteiger partial charge < -0.3 is 5.32 Å². The highest BCUT2D eigenvalue weighted by Crippen LogP contribution is 2.42. The molecule has 0 saturated carbocycles. The van der Waals surface area contributed by atoms with E-state index < -0.39 is 0 Å². The third kappa shape index (κ3) is 23.2. The van der Waals surface area contributed by atoms with E-state index in [4.69, 9.17) is 0 Å². The second-order valence-electron chi connectivity index (χ2n) is 13.6. The maximum Gasteiger partial charge on any atom is 0.0370 e. The number of nitrogens with one attached hydrogen (secondary N) is 1. The van der Waals surface area contributed by atoms with Crippen molar-refractivity contribution < 1.29 is 0 Å². The summed E-state index contributed by atoms with van der Waals surface area (Å²) in [6.07, 6.45) is 16.5. The van der Waals surface area contributed by atoms with E-state index in [2.05, 4.69) is 162 Å². The van der Waals surface area contributed by atoms with Crippen molar-refractivity contribution in [1.82, 2.24) is 5.32 Å². The van der Waals surface area contributed by atoms with Gasteiger partial charge in [-0.05, 0) is 85.1 Å². The van der Waals surface area contributed by atoms with Gasteiger partial charge in [0, 0.05) is 17.7 Å². The van der Waals surface area contributed by atoms with Crippen LogP contribution in [0.4, 0.5) is 0 Å². The summed E-state index contributed by atoms with van der Waals surface area (Å²) >= 11 is 0. The molecule has 2 unspecified atom stereocenters. The van der Waals surface area contributed by atoms with Crippen LogP contribution in [0.1, 0.15) is 165 Å². The molecular formula is C46H79N. The molecule has 0 bridgehead atoms. The Kier molecular flexibility index (Phi) is 31.9. The zero-order valence-corrected chi connectivity index (χ0v) is 34.7. The number of rotatable bonds is 8. The van der Waals surface area contributed by atoms with Crippen LogP contribution >= 0.6 is 0 Å². The molecule has 268 valence electrons. The highest BCUT2D eigenvalue weighted by atomic mass is 14.9. The Balaban J connectivity index is -0.000000283. The van der Waals surface area contributed by atoms with Crippen LogP contribution in [-0.4, -0.2) is 6.04 Å². The molecule has 0 fully saturated rings. The smallest absolute Gasteiger partial charge is 0.0370 e. The van der Waals surface area contributed by atoms with Crippen LogP contribution in [0.2, 0.25) is 0 Å². The average molecular weight is 646 g/mol. The Hall–Kier alpha value is -2.78. The monoisotopic (exact) mass is 646 g/mol. The van der Waals surface area contributed by atoms with E-state index in [1.54, 1.807) is 0 Å². The molecule has 1 nitrogen and oxygen atoms in total. The molecule has 0 spiro atoms. The fraction of sp³-hybridized carbons (Fsp3) is 0.587. The first-order valence-corrected chi connectivity index (χ1v) is 18.5. The minimum absolute atomic E-state index is 0.329. The van der Waals surface area contributed by atoms with E-state index in [9.17, 15) is 0 Å². The molecule has 0 amide bonds. The standard InChI is InChI=1S/C18H23N.C11H24.C9H12.3C2H6.C2H2/c1-5-16-10-13(2)11-18(12-16)15(4)19-14(3)17-8-6-7-9-17;1-9(2)8-11(6,7)10(3,4)5;1-8(2)9-6-4-3-5-7-9;4*1-2/h6-8,10-12,14-15,19H,5H2,1-4H3;9H,8H2,1-7H3;3-8H,1-2H3;3*1-2H3;1-2H. The van der Waals surface area contributed by atoms with Gasteiger partial charge in [0.2, 0.25) is 0 Å². The zero-order valence-electron chi connectivity index (χ0n) is 34.7. The third-order valence-corrected chi connectivity index (χ3v) is 8.07. The maximum absolute atomic E-state index is 4.00. The van der Waals surface area contributed by atoms with Crippen molar-refractivity contribution in [2.45, 2.75) is 162 Å². The van der Waals surface area contributed by atoms with Crippen LogP contribution in [0.15, 0.2) is 78.1 Å². The van der Waals surface area contributed by atoms with Gasteiger partial charge in [-0.25, -0.2) is 0 Å². The predicted molar refractivity (Wildman–Crippen MR) is 219 cm³/mol. The Morgan fingerprint density at radius 2 is 1.23 bits per heavy atom. The van der Waals surface area contributed by atoms with Crippen molar-refractivity contribution in [2.24, 2.45) is 16.7 Å². The van der Waals surface area contributed by atoms with Gasteiger partial charge in [0.15, 0.2) is 0 Å². The Labute approximate surface area is 296 Å². The van der Waals surface area contributed by atoms with Gasteiger partial charge in [0.1, 0.15) is 0 Å². The van der Waals surface area contributed by atoms with Crippen LogP contribution in [0.3, 0.4) is 0 Å². The predicted octanol–water partition coefficient (Wildman–Crippen LogP) is 14.5. The fourth-order valence-electron chi connectivity index (χ4n) is 4.69. The summed E-state index contributed by atoms with van der Waals surface area (Å²) in [4.78, 5) is 0. The number of benzene rings is 2. The van der Waals surface area contributed by atoms with Crippen LogP contribution in [0.5, 0.6) is 0 Å². The molecule has 47 heavy (non-hydrogen) atoms. The minimum Gasteiger partial charge on any atom is -0.303 e. The lowest BCUT2D eigenvalue weighted by Gasteiger charge is -2.40. The Bertz CT molecular complexity index is 1110. The van der Waals surface area contributed by atoms with Gasteiger partial charge in [-0.3, -0.25) is 0 Å². The molecule has 2 aromatic carbocycles. The molecule has 3 rings (SSSR count). The second kappa shape index (κ2) is 29.4. The van der Waals surface area contributed by atoms with Gasteiger partial charge in [-0.1, -0.05) is 171 Å². The van der Waals surface area contributed by atoms with Gasteiger partial charge in [-0.15, -0.1) is 18.6 Å². The molecule has 1 N–H and O–H groups in total. The minimum atomic E-state index is 0.329. The molecule has 1 aliphatic rings. The number of allylic oxidation sites excluding steroid dienone is 1. The van der Waals surface area contributed by atoms with Gasteiger partial charge >= 0.3 is 0 Å². The van der Waals surface area contributed by atoms with Crippen LogP contribution in [0.25, 0.3) is 0 Å². The number of aryl methyl sites for hydroxylation is 2. The summed E-state index contributed by atoms with van der Waals surface area (Å²) in [6.45, 7) is 41.5. The highest BCUT2D eigenvalue weighted by molar-refractivity contribution is 5.34. The molecule has 1 aliphatic carbocycles. The summed E-state index contributed by atoms with van der Waals surface area (Å²) in [5.74, 6) is 1.47. The second-order valence-corrected chi connectivity index (χ2v) is 13.6. The van der Waals surface area contributed by atoms with E-state index >= 15 is 0 Å². The summed E-state index contributed by atoms with van der Waals surface area (Å²) in [7, 11) is 0. The van der Waals surface area contributed by atoms with Crippen molar-refractivity contribution in [3.05, 3.63) is 100 Å². The van der Waals surface area contributed by atoms with Gasteiger partial charge in [0.05, 0.1) is 0 Å². The van der Waals surface area contributed by atoms with Crippen molar-refractivity contribution in [2.75, 3.05) is 0 Å². The topological polar surface area (TPSA) is 12.0 Å². The largest absolute Gasteiger partial charge is 0.303 e. The number of terminal acetylenes is 1. The van der Waals surface area contributed by atoms with E-state index in [1.165, 1.54) is 34.2 Å². The zero-order chi connectivity index (χ0) is 37.8. The lowest BCUT2D eigenvalue weighted by molar-refractivity contribution is 0.102. The lowest BCUT2D eigenvalue weighted by Crippen LogP contribution is -2.30. The van der Waals surface area contributed by atoms with Crippen LogP contribution in [0, 0.1) is 36.5 Å². The maximum atomic E-state index is 4.00. The molecule has 0 radical (unpaired) electrons. The lowest BCUT2D eigenvalue weighted by atomic mass is 9.65. The van der Waals surface area contributed by atoms with E-state index in [0.29, 0.717) is 28.8 Å². The van der Waals surface area contributed by atoms with Crippen molar-refractivity contribution >= 4 is 0 Å². The molecule has 2 aromatic rings. The molecule has 2 atom stereocenters. The summed E-state index contributed by atoms with van der Waals surface area (Å²) < 4.78 is 0. The van der Waals surface area contributed by atoms with E-state index in [0.717, 1.165) is 12.3 Å². The molecule has 0 aliphatic heterocycles. The summed E-state index contributed by atoms with van der Waals surface area (Å²) in [5, 5.41) is 3.65. The summed E-state index contributed by atoms with van der Waals surface area (Å²) in [6, 6.07) is 18.1. The van der Waals surface area contributed by atoms with Crippen molar-refractivity contribution in [3.8, 4) is 12.8 Å². The quantitative estimate of drug-likeness (QED) is 0.222. The van der Waals surface area contributed by atoms with Crippen LogP contribution in [-0.2, 0) is 6.42 Å². The Morgan fingerprint density at radius 3 is 1.57 bits per heavy atom. The highest BCUT2D eigenvalue weighted by Gasteiger charge is 2.32. The van der Waals surface area contributed by atoms with E-state index in [1.807, 2.05) is 59.8 Å². The Morgan fingerprint density at radius 1 is 0.723 bits per heavy atom. The molecule has 0 heterocycles. The SMILES string of the molecule is C#C.CC.CC.CC.CC(C)CC(C)(C)C(C)(C)C.CC(C)c1ccccc1.CCc1cc(C)cc(C(C)NC(C)C2=C=CC=C2)c1. The molecule has 0 aromatic heterocycles. The van der Waals surface area contributed by atoms with E-state index in [-0.39, 0.29) is 0 Å². The molecule has 1 heteroatoms. The van der Waals surface area contributed by atoms with Crippen LogP contribution < -0.4 is 5.32 Å². The third-order valence-electron chi connectivity index (χ3n) is 8.07. The first-order valence-electron chi connectivity index (χ1n) is 18.5. The first kappa shape index (κ1) is 51.1.